The fraction of sp³-hybridized carbons (Fsp3) is 0.273. The summed E-state index contributed by atoms with van der Waals surface area (Å²) in [4.78, 5) is 10.1. The van der Waals surface area contributed by atoms with Gasteiger partial charge in [0.05, 0.1) is 11.0 Å². The van der Waals surface area contributed by atoms with Crippen LogP contribution in [0.3, 0.4) is 0 Å². The van der Waals surface area contributed by atoms with Crippen LogP contribution in [0.4, 0.5) is 10.1 Å². The van der Waals surface area contributed by atoms with Crippen molar-refractivity contribution in [1.82, 2.24) is 0 Å². The fourth-order valence-corrected chi connectivity index (χ4v) is 1.56. The van der Waals surface area contributed by atoms with Crippen molar-refractivity contribution in [2.45, 2.75) is 19.4 Å². The fourth-order valence-electron chi connectivity index (χ4n) is 1.56. The van der Waals surface area contributed by atoms with Gasteiger partial charge in [-0.15, -0.1) is 0 Å². The lowest BCUT2D eigenvalue weighted by Gasteiger charge is -2.27. The average Bonchev–Trinajstić information content (AvgIpc) is 2.16. The minimum Gasteiger partial charge on any atom is -0.476 e. The molecule has 0 saturated carbocycles. The van der Waals surface area contributed by atoms with E-state index in [9.17, 15) is 14.5 Å². The predicted molar refractivity (Wildman–Crippen MR) is 56.8 cm³/mol. The molecule has 0 atom stereocenters. The standard InChI is InChI=1S/C11H10FNO3/c1-11(2)4-3-7-5-8(12)6-9(13(14)15)10(7)16-11/h3-6H,1-2H3. The summed E-state index contributed by atoms with van der Waals surface area (Å²) in [6.07, 6.45) is 3.37. The van der Waals surface area contributed by atoms with Gasteiger partial charge in [0.1, 0.15) is 11.4 Å². The first-order valence-electron chi connectivity index (χ1n) is 4.75. The number of nitro groups is 1. The molecule has 2 rings (SSSR count). The Kier molecular flexibility index (Phi) is 2.18. The number of nitrogens with zero attached hydrogens (tertiary/aromatic N) is 1. The molecular weight excluding hydrogens is 213 g/mol. The van der Waals surface area contributed by atoms with Crippen LogP contribution in [0.2, 0.25) is 0 Å². The predicted octanol–water partition coefficient (Wildman–Crippen LogP) is 2.92. The Hall–Kier alpha value is -1.91. The van der Waals surface area contributed by atoms with E-state index in [1.165, 1.54) is 6.07 Å². The molecule has 0 amide bonds. The second-order valence-electron chi connectivity index (χ2n) is 4.14. The van der Waals surface area contributed by atoms with E-state index in [2.05, 4.69) is 0 Å². The highest BCUT2D eigenvalue weighted by molar-refractivity contribution is 5.67. The zero-order valence-corrected chi connectivity index (χ0v) is 8.86. The highest BCUT2D eigenvalue weighted by atomic mass is 19.1. The number of hydrogen-bond acceptors (Lipinski definition) is 3. The van der Waals surface area contributed by atoms with Crippen LogP contribution in [0.5, 0.6) is 5.75 Å². The quantitative estimate of drug-likeness (QED) is 0.543. The number of rotatable bonds is 1. The van der Waals surface area contributed by atoms with Crippen LogP contribution in [0, 0.1) is 15.9 Å². The highest BCUT2D eigenvalue weighted by Crippen LogP contribution is 2.38. The molecule has 0 aliphatic carbocycles. The molecule has 1 aliphatic rings. The molecule has 0 spiro atoms. The van der Waals surface area contributed by atoms with Crippen molar-refractivity contribution < 1.29 is 14.1 Å². The summed E-state index contributed by atoms with van der Waals surface area (Å²) in [6.45, 7) is 3.55. The van der Waals surface area contributed by atoms with Gasteiger partial charge in [-0.1, -0.05) is 6.08 Å². The minimum atomic E-state index is -0.642. The van der Waals surface area contributed by atoms with E-state index in [1.807, 2.05) is 0 Å². The Morgan fingerprint density at radius 1 is 1.44 bits per heavy atom. The van der Waals surface area contributed by atoms with Gasteiger partial charge in [-0.05, 0) is 26.0 Å². The molecule has 0 unspecified atom stereocenters. The third-order valence-electron chi connectivity index (χ3n) is 2.29. The van der Waals surface area contributed by atoms with Gasteiger partial charge in [0.25, 0.3) is 0 Å². The Morgan fingerprint density at radius 2 is 2.12 bits per heavy atom. The van der Waals surface area contributed by atoms with Gasteiger partial charge in [0.2, 0.25) is 5.75 Å². The van der Waals surface area contributed by atoms with E-state index >= 15 is 0 Å². The molecule has 1 aromatic rings. The number of fused-ring (bicyclic) bond motifs is 1. The zero-order chi connectivity index (χ0) is 11.9. The number of nitro benzene ring substituents is 1. The van der Waals surface area contributed by atoms with E-state index in [0.29, 0.717) is 5.56 Å². The molecular formula is C11H10FNO3. The summed E-state index contributed by atoms with van der Waals surface area (Å²) in [7, 11) is 0. The molecule has 4 nitrogen and oxygen atoms in total. The Labute approximate surface area is 91.5 Å². The molecule has 0 radical (unpaired) electrons. The van der Waals surface area contributed by atoms with Crippen LogP contribution >= 0.6 is 0 Å². The van der Waals surface area contributed by atoms with E-state index in [-0.39, 0.29) is 11.4 Å². The van der Waals surface area contributed by atoms with Crippen LogP contribution < -0.4 is 4.74 Å². The third kappa shape index (κ3) is 1.76. The molecule has 1 aromatic carbocycles. The molecule has 0 bridgehead atoms. The largest absolute Gasteiger partial charge is 0.476 e. The van der Waals surface area contributed by atoms with Crippen LogP contribution in [0.1, 0.15) is 19.4 Å². The first-order chi connectivity index (χ1) is 7.39. The SMILES string of the molecule is CC1(C)C=Cc2cc(F)cc([N+](=O)[O-])c2O1. The highest BCUT2D eigenvalue weighted by Gasteiger charge is 2.29. The smallest absolute Gasteiger partial charge is 0.314 e. The number of ether oxygens (including phenoxy) is 1. The van der Waals surface area contributed by atoms with Crippen molar-refractivity contribution in [2.75, 3.05) is 0 Å². The Bertz CT molecular complexity index is 494. The van der Waals surface area contributed by atoms with E-state index in [1.54, 1.807) is 26.0 Å². The zero-order valence-electron chi connectivity index (χ0n) is 8.86. The molecule has 0 N–H and O–H groups in total. The van der Waals surface area contributed by atoms with Crippen LogP contribution in [0.15, 0.2) is 18.2 Å². The minimum absolute atomic E-state index is 0.124. The molecule has 1 aliphatic heterocycles. The first-order valence-corrected chi connectivity index (χ1v) is 4.75. The maximum absolute atomic E-state index is 13.1. The summed E-state index contributed by atoms with van der Waals surface area (Å²) >= 11 is 0. The van der Waals surface area contributed by atoms with E-state index in [4.69, 9.17) is 4.74 Å². The van der Waals surface area contributed by atoms with E-state index in [0.717, 1.165) is 6.07 Å². The van der Waals surface area contributed by atoms with Crippen molar-refractivity contribution >= 4 is 11.8 Å². The van der Waals surface area contributed by atoms with Crippen LogP contribution in [0.25, 0.3) is 6.08 Å². The summed E-state index contributed by atoms with van der Waals surface area (Å²) in [5, 5.41) is 10.8. The lowest BCUT2D eigenvalue weighted by Crippen LogP contribution is -2.28. The lowest BCUT2D eigenvalue weighted by molar-refractivity contribution is -0.386. The number of halogens is 1. The van der Waals surface area contributed by atoms with Gasteiger partial charge in [0, 0.05) is 5.56 Å². The Morgan fingerprint density at radius 3 is 2.75 bits per heavy atom. The first kappa shape index (κ1) is 10.6. The molecule has 0 saturated heterocycles. The van der Waals surface area contributed by atoms with Gasteiger partial charge in [-0.2, -0.15) is 0 Å². The second kappa shape index (κ2) is 3.30. The van der Waals surface area contributed by atoms with Gasteiger partial charge < -0.3 is 4.74 Å². The normalized spacial score (nSPS) is 16.4. The third-order valence-corrected chi connectivity index (χ3v) is 2.29. The maximum Gasteiger partial charge on any atom is 0.314 e. The van der Waals surface area contributed by atoms with Gasteiger partial charge >= 0.3 is 5.69 Å². The monoisotopic (exact) mass is 223 g/mol. The molecule has 16 heavy (non-hydrogen) atoms. The molecule has 0 fully saturated rings. The molecule has 5 heteroatoms. The van der Waals surface area contributed by atoms with Crippen molar-refractivity contribution in [3.8, 4) is 5.75 Å². The van der Waals surface area contributed by atoms with Gasteiger partial charge in [0.15, 0.2) is 0 Å². The van der Waals surface area contributed by atoms with Crippen LogP contribution in [-0.2, 0) is 0 Å². The molecule has 84 valence electrons. The number of benzene rings is 1. The van der Waals surface area contributed by atoms with Crippen molar-refractivity contribution in [2.24, 2.45) is 0 Å². The molecule has 0 aromatic heterocycles. The van der Waals surface area contributed by atoms with E-state index < -0.39 is 16.3 Å². The van der Waals surface area contributed by atoms with Crippen LogP contribution in [-0.4, -0.2) is 10.5 Å². The second-order valence-corrected chi connectivity index (χ2v) is 4.14. The number of hydrogen-bond donors (Lipinski definition) is 0. The average molecular weight is 223 g/mol. The Balaban J connectivity index is 2.63. The summed E-state index contributed by atoms with van der Waals surface area (Å²) in [6, 6.07) is 2.09. The van der Waals surface area contributed by atoms with Gasteiger partial charge in [-0.25, -0.2) is 4.39 Å². The van der Waals surface area contributed by atoms with Crippen molar-refractivity contribution in [3.05, 3.63) is 39.7 Å². The summed E-state index contributed by atoms with van der Waals surface area (Å²) < 4.78 is 18.6. The lowest BCUT2D eigenvalue weighted by atomic mass is 10.0. The molecule has 1 heterocycles. The van der Waals surface area contributed by atoms with Crippen molar-refractivity contribution in [3.63, 3.8) is 0 Å². The maximum atomic E-state index is 13.1. The van der Waals surface area contributed by atoms with Crippen molar-refractivity contribution in [1.29, 1.82) is 0 Å². The topological polar surface area (TPSA) is 52.4 Å². The summed E-state index contributed by atoms with van der Waals surface area (Å²) in [5.41, 5.74) is -0.561. The summed E-state index contributed by atoms with van der Waals surface area (Å²) in [5.74, 6) is -0.516. The van der Waals surface area contributed by atoms with Gasteiger partial charge in [-0.3, -0.25) is 10.1 Å².